The van der Waals surface area contributed by atoms with Gasteiger partial charge >= 0.3 is 0 Å². The van der Waals surface area contributed by atoms with E-state index in [1.165, 1.54) is 0 Å². The van der Waals surface area contributed by atoms with Crippen LogP contribution >= 0.6 is 0 Å². The Morgan fingerprint density at radius 3 is 2.60 bits per heavy atom. The summed E-state index contributed by atoms with van der Waals surface area (Å²) in [5.41, 5.74) is -0.134. The second kappa shape index (κ2) is 5.09. The molecule has 0 radical (unpaired) electrons. The number of carbonyl (C=O) groups excluding carboxylic acids is 1. The Morgan fingerprint density at radius 1 is 1.20 bits per heavy atom. The Hall–Kier alpha value is -1.56. The van der Waals surface area contributed by atoms with Crippen LogP contribution in [0.25, 0.3) is 0 Å². The van der Waals surface area contributed by atoms with E-state index in [1.54, 1.807) is 4.90 Å². The quantitative estimate of drug-likeness (QED) is 0.799. The van der Waals surface area contributed by atoms with Crippen molar-refractivity contribution in [1.29, 1.82) is 0 Å². The Labute approximate surface area is 114 Å². The normalized spacial score (nSPS) is 25.6. The van der Waals surface area contributed by atoms with Crippen molar-refractivity contribution < 1.29 is 18.0 Å². The van der Waals surface area contributed by atoms with Gasteiger partial charge in [0.25, 0.3) is 5.91 Å². The fourth-order valence-electron chi connectivity index (χ4n) is 3.09. The third-order valence-corrected chi connectivity index (χ3v) is 4.17. The smallest absolute Gasteiger partial charge is 0.254 e. The van der Waals surface area contributed by atoms with Crippen molar-refractivity contribution in [2.75, 3.05) is 19.6 Å². The molecule has 108 valence electrons. The van der Waals surface area contributed by atoms with Crippen LogP contribution in [0.15, 0.2) is 12.1 Å². The monoisotopic (exact) mass is 284 g/mol. The molecule has 0 saturated carbocycles. The van der Waals surface area contributed by atoms with E-state index in [9.17, 15) is 18.0 Å². The molecule has 1 amide bonds. The van der Waals surface area contributed by atoms with Crippen molar-refractivity contribution in [1.82, 2.24) is 10.2 Å². The maximum absolute atomic E-state index is 13.2. The van der Waals surface area contributed by atoms with Crippen LogP contribution < -0.4 is 5.32 Å². The average Bonchev–Trinajstić information content (AvgIpc) is 2.90. The van der Waals surface area contributed by atoms with Gasteiger partial charge in [-0.3, -0.25) is 4.79 Å². The SMILES string of the molecule is O=C(c1cc(F)c(F)c(F)c1)N1CCC2NCCC2C1. The minimum absolute atomic E-state index is 0.134. The maximum Gasteiger partial charge on any atom is 0.254 e. The van der Waals surface area contributed by atoms with E-state index in [0.29, 0.717) is 25.0 Å². The number of halogens is 3. The molecule has 6 heteroatoms. The zero-order chi connectivity index (χ0) is 14.3. The van der Waals surface area contributed by atoms with Gasteiger partial charge < -0.3 is 10.2 Å². The van der Waals surface area contributed by atoms with Gasteiger partial charge in [0.1, 0.15) is 0 Å². The lowest BCUT2D eigenvalue weighted by Crippen LogP contribution is -2.46. The number of nitrogens with zero attached hydrogens (tertiary/aromatic N) is 1. The summed E-state index contributed by atoms with van der Waals surface area (Å²) in [4.78, 5) is 13.9. The largest absolute Gasteiger partial charge is 0.338 e. The van der Waals surface area contributed by atoms with E-state index in [4.69, 9.17) is 0 Å². The molecule has 2 heterocycles. The molecule has 1 aromatic rings. The molecule has 1 aromatic carbocycles. The number of likely N-dealkylation sites (tertiary alicyclic amines) is 1. The summed E-state index contributed by atoms with van der Waals surface area (Å²) in [5.74, 6) is -4.24. The molecule has 2 unspecified atom stereocenters. The highest BCUT2D eigenvalue weighted by molar-refractivity contribution is 5.94. The Kier molecular flexibility index (Phi) is 3.41. The van der Waals surface area contributed by atoms with Gasteiger partial charge in [-0.1, -0.05) is 0 Å². The maximum atomic E-state index is 13.2. The molecule has 3 nitrogen and oxygen atoms in total. The van der Waals surface area contributed by atoms with Crippen molar-refractivity contribution in [3.8, 4) is 0 Å². The van der Waals surface area contributed by atoms with Crippen LogP contribution in [-0.4, -0.2) is 36.5 Å². The van der Waals surface area contributed by atoms with Crippen LogP contribution in [0.5, 0.6) is 0 Å². The first kappa shape index (κ1) is 13.4. The van der Waals surface area contributed by atoms with E-state index in [2.05, 4.69) is 5.32 Å². The van der Waals surface area contributed by atoms with Crippen molar-refractivity contribution in [2.45, 2.75) is 18.9 Å². The van der Waals surface area contributed by atoms with Crippen LogP contribution in [0.4, 0.5) is 13.2 Å². The third kappa shape index (κ3) is 2.28. The van der Waals surface area contributed by atoms with Gasteiger partial charge in [0.15, 0.2) is 17.5 Å². The van der Waals surface area contributed by atoms with Crippen molar-refractivity contribution in [3.05, 3.63) is 35.1 Å². The summed E-state index contributed by atoms with van der Waals surface area (Å²) < 4.78 is 39.3. The second-order valence-electron chi connectivity index (χ2n) is 5.40. The predicted octanol–water partition coefficient (Wildman–Crippen LogP) is 1.93. The fourth-order valence-corrected chi connectivity index (χ4v) is 3.09. The molecule has 0 spiro atoms. The summed E-state index contributed by atoms with van der Waals surface area (Å²) in [6.45, 7) is 2.07. The lowest BCUT2D eigenvalue weighted by Gasteiger charge is -2.34. The number of hydrogen-bond acceptors (Lipinski definition) is 2. The van der Waals surface area contributed by atoms with E-state index in [-0.39, 0.29) is 5.56 Å². The Balaban J connectivity index is 1.79. The van der Waals surface area contributed by atoms with Crippen LogP contribution in [0.2, 0.25) is 0 Å². The minimum atomic E-state index is -1.54. The summed E-state index contributed by atoms with van der Waals surface area (Å²) in [7, 11) is 0. The third-order valence-electron chi connectivity index (χ3n) is 4.17. The molecule has 2 atom stereocenters. The van der Waals surface area contributed by atoms with Gasteiger partial charge in [-0.25, -0.2) is 13.2 Å². The summed E-state index contributed by atoms with van der Waals surface area (Å²) >= 11 is 0. The number of hydrogen-bond donors (Lipinski definition) is 1. The molecule has 3 rings (SSSR count). The summed E-state index contributed by atoms with van der Waals surface area (Å²) in [5, 5.41) is 3.38. The number of amides is 1. The molecule has 2 fully saturated rings. The van der Waals surface area contributed by atoms with Crippen LogP contribution in [0, 0.1) is 23.4 Å². The first-order chi connectivity index (χ1) is 9.56. The van der Waals surface area contributed by atoms with Crippen molar-refractivity contribution in [2.24, 2.45) is 5.92 Å². The summed E-state index contributed by atoms with van der Waals surface area (Å²) in [6, 6.07) is 1.96. The van der Waals surface area contributed by atoms with E-state index in [1.807, 2.05) is 0 Å². The molecule has 2 aliphatic heterocycles. The molecule has 2 saturated heterocycles. The van der Waals surface area contributed by atoms with Gasteiger partial charge in [0.2, 0.25) is 0 Å². The van der Waals surface area contributed by atoms with E-state index < -0.39 is 23.4 Å². The summed E-state index contributed by atoms with van der Waals surface area (Å²) in [6.07, 6.45) is 1.84. The second-order valence-corrected chi connectivity index (χ2v) is 5.40. The van der Waals surface area contributed by atoms with Crippen LogP contribution in [-0.2, 0) is 0 Å². The van der Waals surface area contributed by atoms with E-state index in [0.717, 1.165) is 31.5 Å². The average molecular weight is 284 g/mol. The highest BCUT2D eigenvalue weighted by Gasteiger charge is 2.34. The predicted molar refractivity (Wildman–Crippen MR) is 66.7 cm³/mol. The zero-order valence-electron chi connectivity index (χ0n) is 10.8. The lowest BCUT2D eigenvalue weighted by atomic mass is 9.93. The minimum Gasteiger partial charge on any atom is -0.338 e. The molecular formula is C14H15F3N2O. The highest BCUT2D eigenvalue weighted by Crippen LogP contribution is 2.26. The highest BCUT2D eigenvalue weighted by atomic mass is 19.2. The van der Waals surface area contributed by atoms with Gasteiger partial charge in [0.05, 0.1) is 0 Å². The lowest BCUT2D eigenvalue weighted by molar-refractivity contribution is 0.0661. The molecule has 2 aliphatic rings. The topological polar surface area (TPSA) is 32.3 Å². The van der Waals surface area contributed by atoms with Crippen molar-refractivity contribution >= 4 is 5.91 Å². The first-order valence-electron chi connectivity index (χ1n) is 6.73. The van der Waals surface area contributed by atoms with Gasteiger partial charge in [-0.05, 0) is 37.4 Å². The van der Waals surface area contributed by atoms with Gasteiger partial charge in [0, 0.05) is 24.7 Å². The fraction of sp³-hybridized carbons (Fsp3) is 0.500. The van der Waals surface area contributed by atoms with Crippen molar-refractivity contribution in [3.63, 3.8) is 0 Å². The molecule has 0 aromatic heterocycles. The number of piperidine rings is 1. The Bertz CT molecular complexity index is 526. The van der Waals surface area contributed by atoms with Crippen LogP contribution in [0.1, 0.15) is 23.2 Å². The van der Waals surface area contributed by atoms with E-state index >= 15 is 0 Å². The van der Waals surface area contributed by atoms with Gasteiger partial charge in [-0.2, -0.15) is 0 Å². The molecule has 1 N–H and O–H groups in total. The van der Waals surface area contributed by atoms with Crippen LogP contribution in [0.3, 0.4) is 0 Å². The Morgan fingerprint density at radius 2 is 1.90 bits per heavy atom. The standard InChI is InChI=1S/C14H15F3N2O/c15-10-5-9(6-11(16)13(10)17)14(20)19-4-2-12-8(7-19)1-3-18-12/h5-6,8,12,18H,1-4,7H2. The molecular weight excluding hydrogens is 269 g/mol. The molecule has 0 aliphatic carbocycles. The van der Waals surface area contributed by atoms with Gasteiger partial charge in [-0.15, -0.1) is 0 Å². The molecule has 20 heavy (non-hydrogen) atoms. The number of nitrogens with one attached hydrogen (secondary N) is 1. The number of carbonyl (C=O) groups is 1. The molecule has 0 bridgehead atoms. The first-order valence-corrected chi connectivity index (χ1v) is 6.73. The zero-order valence-corrected chi connectivity index (χ0v) is 10.8. The number of benzene rings is 1. The number of fused-ring (bicyclic) bond motifs is 1. The number of rotatable bonds is 1.